The molecule has 1 aliphatic heterocycles. The number of hydrogen-bond acceptors (Lipinski definition) is 3. The lowest BCUT2D eigenvalue weighted by molar-refractivity contribution is 0.549. The third-order valence-electron chi connectivity index (χ3n) is 3.06. The average Bonchev–Trinajstić information content (AvgIpc) is 2.68. The highest BCUT2D eigenvalue weighted by Crippen LogP contribution is 2.28. The lowest BCUT2D eigenvalue weighted by Crippen LogP contribution is -2.24. The highest BCUT2D eigenvalue weighted by molar-refractivity contribution is 5.67. The van der Waals surface area contributed by atoms with Gasteiger partial charge in [0.1, 0.15) is 0 Å². The molecule has 1 fully saturated rings. The highest BCUT2D eigenvalue weighted by Gasteiger charge is 2.22. The number of anilines is 2. The van der Waals surface area contributed by atoms with Crippen molar-refractivity contribution in [2.24, 2.45) is 5.92 Å². The molecule has 1 aromatic rings. The van der Waals surface area contributed by atoms with E-state index in [9.17, 15) is 0 Å². The molecule has 1 heterocycles. The van der Waals surface area contributed by atoms with Gasteiger partial charge in [-0.05, 0) is 38.1 Å². The molecule has 3 heteroatoms. The fourth-order valence-corrected chi connectivity index (χ4v) is 2.28. The molecule has 1 atom stereocenters. The van der Waals surface area contributed by atoms with E-state index in [4.69, 9.17) is 5.73 Å². The SMILES string of the molecule is CNC[C@@H]1CCN(c2ccccc2N)C1. The summed E-state index contributed by atoms with van der Waals surface area (Å²) in [7, 11) is 2.01. The van der Waals surface area contributed by atoms with Gasteiger partial charge in [0.05, 0.1) is 11.4 Å². The number of hydrogen-bond donors (Lipinski definition) is 2. The van der Waals surface area contributed by atoms with Crippen LogP contribution in [0.2, 0.25) is 0 Å². The molecule has 3 N–H and O–H groups in total. The Balaban J connectivity index is 2.04. The van der Waals surface area contributed by atoms with Crippen LogP contribution in [0.5, 0.6) is 0 Å². The first-order valence-corrected chi connectivity index (χ1v) is 5.55. The van der Waals surface area contributed by atoms with Gasteiger partial charge < -0.3 is 16.0 Å². The summed E-state index contributed by atoms with van der Waals surface area (Å²) in [6.45, 7) is 3.35. The number of nitrogens with zero attached hydrogens (tertiary/aromatic N) is 1. The zero-order valence-corrected chi connectivity index (χ0v) is 9.24. The molecule has 1 aliphatic rings. The first kappa shape index (κ1) is 10.3. The van der Waals surface area contributed by atoms with Crippen molar-refractivity contribution in [3.63, 3.8) is 0 Å². The summed E-state index contributed by atoms with van der Waals surface area (Å²) in [6.07, 6.45) is 1.26. The van der Waals surface area contributed by atoms with Crippen LogP contribution in [0.4, 0.5) is 11.4 Å². The van der Waals surface area contributed by atoms with Crippen LogP contribution < -0.4 is 16.0 Å². The van der Waals surface area contributed by atoms with Crippen LogP contribution in [0.1, 0.15) is 6.42 Å². The Morgan fingerprint density at radius 3 is 3.00 bits per heavy atom. The molecule has 0 spiro atoms. The molecule has 3 nitrogen and oxygen atoms in total. The van der Waals surface area contributed by atoms with Crippen molar-refractivity contribution >= 4 is 11.4 Å². The predicted octanol–water partition coefficient (Wildman–Crippen LogP) is 1.31. The lowest BCUT2D eigenvalue weighted by Gasteiger charge is -2.20. The van der Waals surface area contributed by atoms with Crippen molar-refractivity contribution < 1.29 is 0 Å². The average molecular weight is 205 g/mol. The summed E-state index contributed by atoms with van der Waals surface area (Å²) in [5.41, 5.74) is 8.04. The smallest absolute Gasteiger partial charge is 0.0600 e. The fourth-order valence-electron chi connectivity index (χ4n) is 2.28. The normalized spacial score (nSPS) is 20.9. The predicted molar refractivity (Wildman–Crippen MR) is 65.1 cm³/mol. The number of nitrogen functional groups attached to an aromatic ring is 1. The van der Waals surface area contributed by atoms with Crippen LogP contribution in [0.15, 0.2) is 24.3 Å². The Bertz CT molecular complexity index is 324. The first-order chi connectivity index (χ1) is 7.31. The van der Waals surface area contributed by atoms with E-state index in [0.29, 0.717) is 0 Å². The van der Waals surface area contributed by atoms with Gasteiger partial charge in [-0.25, -0.2) is 0 Å². The monoisotopic (exact) mass is 205 g/mol. The summed E-state index contributed by atoms with van der Waals surface area (Å²) in [6, 6.07) is 8.12. The van der Waals surface area contributed by atoms with E-state index in [2.05, 4.69) is 22.3 Å². The molecule has 15 heavy (non-hydrogen) atoms. The van der Waals surface area contributed by atoms with E-state index in [1.807, 2.05) is 19.2 Å². The lowest BCUT2D eigenvalue weighted by atomic mass is 10.1. The number of benzene rings is 1. The van der Waals surface area contributed by atoms with Gasteiger partial charge in [-0.2, -0.15) is 0 Å². The minimum absolute atomic E-state index is 0.759. The van der Waals surface area contributed by atoms with Gasteiger partial charge in [0.25, 0.3) is 0 Å². The maximum absolute atomic E-state index is 5.96. The van der Waals surface area contributed by atoms with Crippen LogP contribution in [-0.2, 0) is 0 Å². The second-order valence-corrected chi connectivity index (χ2v) is 4.22. The zero-order valence-electron chi connectivity index (χ0n) is 9.24. The van der Waals surface area contributed by atoms with Gasteiger partial charge >= 0.3 is 0 Å². The minimum Gasteiger partial charge on any atom is -0.397 e. The van der Waals surface area contributed by atoms with Crippen molar-refractivity contribution in [2.45, 2.75) is 6.42 Å². The van der Waals surface area contributed by atoms with Gasteiger partial charge in [0.2, 0.25) is 0 Å². The maximum atomic E-state index is 5.96. The molecule has 0 aromatic heterocycles. The standard InChI is InChI=1S/C12H19N3/c1-14-8-10-6-7-15(9-10)12-5-3-2-4-11(12)13/h2-5,10,14H,6-9,13H2,1H3/t10-/m0/s1. The molecular formula is C12H19N3. The van der Waals surface area contributed by atoms with E-state index in [1.165, 1.54) is 12.1 Å². The van der Waals surface area contributed by atoms with Gasteiger partial charge in [0.15, 0.2) is 0 Å². The van der Waals surface area contributed by atoms with Crippen molar-refractivity contribution in [1.29, 1.82) is 0 Å². The van der Waals surface area contributed by atoms with Crippen LogP contribution in [-0.4, -0.2) is 26.7 Å². The first-order valence-electron chi connectivity index (χ1n) is 5.55. The number of para-hydroxylation sites is 2. The van der Waals surface area contributed by atoms with Gasteiger partial charge in [-0.15, -0.1) is 0 Å². The molecule has 2 rings (SSSR count). The summed E-state index contributed by atoms with van der Waals surface area (Å²) >= 11 is 0. The Morgan fingerprint density at radius 1 is 1.47 bits per heavy atom. The summed E-state index contributed by atoms with van der Waals surface area (Å²) < 4.78 is 0. The highest BCUT2D eigenvalue weighted by atomic mass is 15.2. The van der Waals surface area contributed by atoms with Crippen molar-refractivity contribution in [3.8, 4) is 0 Å². The third-order valence-corrected chi connectivity index (χ3v) is 3.06. The van der Waals surface area contributed by atoms with Crippen molar-refractivity contribution in [3.05, 3.63) is 24.3 Å². The zero-order chi connectivity index (χ0) is 10.7. The second kappa shape index (κ2) is 4.53. The number of nitrogens with one attached hydrogen (secondary N) is 1. The fraction of sp³-hybridized carbons (Fsp3) is 0.500. The Labute approximate surface area is 91.3 Å². The van der Waals surface area contributed by atoms with E-state index in [0.717, 1.165) is 31.2 Å². The molecule has 1 aromatic carbocycles. The molecule has 0 amide bonds. The Hall–Kier alpha value is -1.22. The molecule has 0 bridgehead atoms. The van der Waals surface area contributed by atoms with Crippen LogP contribution >= 0.6 is 0 Å². The van der Waals surface area contributed by atoms with Crippen molar-refractivity contribution in [2.75, 3.05) is 37.3 Å². The molecule has 0 saturated carbocycles. The van der Waals surface area contributed by atoms with Crippen LogP contribution in [0, 0.1) is 5.92 Å². The summed E-state index contributed by atoms with van der Waals surface area (Å²) in [4.78, 5) is 2.39. The van der Waals surface area contributed by atoms with E-state index < -0.39 is 0 Å². The van der Waals surface area contributed by atoms with Gasteiger partial charge in [-0.3, -0.25) is 0 Å². The minimum atomic E-state index is 0.759. The summed E-state index contributed by atoms with van der Waals surface area (Å²) in [5.74, 6) is 0.759. The molecule has 0 unspecified atom stereocenters. The molecular weight excluding hydrogens is 186 g/mol. The molecule has 82 valence electrons. The maximum Gasteiger partial charge on any atom is 0.0600 e. The number of rotatable bonds is 3. The summed E-state index contributed by atoms with van der Waals surface area (Å²) in [5, 5.41) is 3.24. The van der Waals surface area contributed by atoms with Gasteiger partial charge in [0, 0.05) is 13.1 Å². The molecule has 0 radical (unpaired) electrons. The topological polar surface area (TPSA) is 41.3 Å². The van der Waals surface area contributed by atoms with Crippen LogP contribution in [0.25, 0.3) is 0 Å². The van der Waals surface area contributed by atoms with E-state index in [1.54, 1.807) is 0 Å². The second-order valence-electron chi connectivity index (χ2n) is 4.22. The largest absolute Gasteiger partial charge is 0.397 e. The van der Waals surface area contributed by atoms with E-state index in [-0.39, 0.29) is 0 Å². The van der Waals surface area contributed by atoms with Crippen molar-refractivity contribution in [1.82, 2.24) is 5.32 Å². The van der Waals surface area contributed by atoms with E-state index >= 15 is 0 Å². The molecule has 1 saturated heterocycles. The Morgan fingerprint density at radius 2 is 2.27 bits per heavy atom. The van der Waals surface area contributed by atoms with Gasteiger partial charge in [-0.1, -0.05) is 12.1 Å². The van der Waals surface area contributed by atoms with Crippen LogP contribution in [0.3, 0.4) is 0 Å². The molecule has 0 aliphatic carbocycles. The quantitative estimate of drug-likeness (QED) is 0.731. The third kappa shape index (κ3) is 2.23. The number of nitrogens with two attached hydrogens (primary N) is 1. The Kier molecular flexibility index (Phi) is 3.11.